The summed E-state index contributed by atoms with van der Waals surface area (Å²) in [4.78, 5) is 8.19. The number of rotatable bonds is 5. The number of fused-ring (bicyclic) bond motifs is 1. The average Bonchev–Trinajstić information content (AvgIpc) is 2.81. The van der Waals surface area contributed by atoms with Gasteiger partial charge in [-0.25, -0.2) is 23.1 Å². The molecule has 0 bridgehead atoms. The van der Waals surface area contributed by atoms with Gasteiger partial charge in [-0.2, -0.15) is 4.31 Å². The van der Waals surface area contributed by atoms with Crippen molar-refractivity contribution in [1.82, 2.24) is 29.3 Å². The van der Waals surface area contributed by atoms with Crippen molar-refractivity contribution in [3.63, 3.8) is 0 Å². The molecule has 0 spiro atoms. The third-order valence-corrected chi connectivity index (χ3v) is 5.59. The van der Waals surface area contributed by atoms with Crippen molar-refractivity contribution in [2.45, 2.75) is 33.0 Å². The Balaban J connectivity index is 1.79. The summed E-state index contributed by atoms with van der Waals surface area (Å²) in [6.07, 6.45) is 4.03. The van der Waals surface area contributed by atoms with E-state index in [9.17, 15) is 8.42 Å². The van der Waals surface area contributed by atoms with E-state index >= 15 is 0 Å². The van der Waals surface area contributed by atoms with E-state index in [0.717, 1.165) is 17.8 Å². The third-order valence-electron chi connectivity index (χ3n) is 3.76. The van der Waals surface area contributed by atoms with Gasteiger partial charge in [0.2, 0.25) is 16.0 Å². The number of nitrogens with one attached hydrogen (secondary N) is 1. The number of aryl methyl sites for hydroxylation is 1. The van der Waals surface area contributed by atoms with Gasteiger partial charge in [0.1, 0.15) is 5.69 Å². The van der Waals surface area contributed by atoms with E-state index in [0.29, 0.717) is 32.1 Å². The maximum atomic E-state index is 12.2. The number of hydrogen-bond acceptors (Lipinski definition) is 7. The van der Waals surface area contributed by atoms with Crippen LogP contribution >= 0.6 is 0 Å². The summed E-state index contributed by atoms with van der Waals surface area (Å²) < 4.78 is 27.6. The lowest BCUT2D eigenvalue weighted by molar-refractivity contribution is 0.409. The molecule has 3 heterocycles. The zero-order valence-corrected chi connectivity index (χ0v) is 13.7. The first kappa shape index (κ1) is 15.8. The second kappa shape index (κ2) is 6.59. The van der Waals surface area contributed by atoms with Gasteiger partial charge in [-0.3, -0.25) is 0 Å². The molecule has 0 saturated carbocycles. The van der Waals surface area contributed by atoms with Crippen molar-refractivity contribution in [3.05, 3.63) is 29.8 Å². The van der Waals surface area contributed by atoms with Crippen LogP contribution in [-0.4, -0.2) is 50.0 Å². The molecule has 0 atom stereocenters. The topological polar surface area (TPSA) is 106 Å². The fourth-order valence-electron chi connectivity index (χ4n) is 2.47. The zero-order chi connectivity index (χ0) is 16.3. The molecule has 0 radical (unpaired) electrons. The summed E-state index contributed by atoms with van der Waals surface area (Å²) >= 11 is 0. The lowest BCUT2D eigenvalue weighted by Gasteiger charge is -2.18. The maximum Gasteiger partial charge on any atom is 0.222 e. The monoisotopic (exact) mass is 337 g/mol. The minimum atomic E-state index is -3.23. The van der Waals surface area contributed by atoms with Crippen molar-refractivity contribution < 1.29 is 8.42 Å². The van der Waals surface area contributed by atoms with Crippen LogP contribution in [0.15, 0.2) is 18.5 Å². The van der Waals surface area contributed by atoms with Crippen LogP contribution in [0.4, 0.5) is 5.95 Å². The average molecular weight is 337 g/mol. The van der Waals surface area contributed by atoms with E-state index in [-0.39, 0.29) is 5.75 Å². The highest BCUT2D eigenvalue weighted by molar-refractivity contribution is 7.89. The van der Waals surface area contributed by atoms with E-state index in [1.54, 1.807) is 30.1 Å². The summed E-state index contributed by atoms with van der Waals surface area (Å²) in [5.74, 6) is 0.598. The molecule has 2 aromatic heterocycles. The third kappa shape index (κ3) is 3.48. The van der Waals surface area contributed by atoms with Gasteiger partial charge in [0, 0.05) is 25.5 Å². The Kier molecular flexibility index (Phi) is 4.53. The van der Waals surface area contributed by atoms with Crippen LogP contribution in [0.25, 0.3) is 0 Å². The summed E-state index contributed by atoms with van der Waals surface area (Å²) in [5, 5.41) is 11.4. The molecular weight excluding hydrogens is 318 g/mol. The fourth-order valence-corrected chi connectivity index (χ4v) is 3.57. The van der Waals surface area contributed by atoms with Crippen LogP contribution in [0.5, 0.6) is 0 Å². The van der Waals surface area contributed by atoms with Gasteiger partial charge in [-0.15, -0.1) is 5.10 Å². The van der Waals surface area contributed by atoms with Gasteiger partial charge in [0.15, 0.2) is 0 Å². The van der Waals surface area contributed by atoms with E-state index < -0.39 is 10.0 Å². The van der Waals surface area contributed by atoms with Crippen molar-refractivity contribution >= 4 is 16.0 Å². The largest absolute Gasteiger partial charge is 0.348 e. The highest BCUT2D eigenvalue weighted by Gasteiger charge is 2.26. The number of anilines is 1. The number of sulfonamides is 1. The van der Waals surface area contributed by atoms with Crippen LogP contribution in [0.2, 0.25) is 0 Å². The zero-order valence-electron chi connectivity index (χ0n) is 12.9. The molecule has 1 N–H and O–H groups in total. The van der Waals surface area contributed by atoms with Gasteiger partial charge >= 0.3 is 0 Å². The Labute approximate surface area is 134 Å². The van der Waals surface area contributed by atoms with Gasteiger partial charge in [0.25, 0.3) is 0 Å². The quantitative estimate of drug-likeness (QED) is 0.832. The molecule has 2 aromatic rings. The Morgan fingerprint density at radius 3 is 2.78 bits per heavy atom. The van der Waals surface area contributed by atoms with Crippen LogP contribution in [0.1, 0.15) is 24.7 Å². The number of aromatic nitrogens is 5. The lowest BCUT2D eigenvalue weighted by Crippen LogP contribution is -2.32. The van der Waals surface area contributed by atoms with Gasteiger partial charge < -0.3 is 5.32 Å². The highest BCUT2D eigenvalue weighted by Crippen LogP contribution is 2.18. The molecular formula is C13H19N7O2S. The van der Waals surface area contributed by atoms with E-state index in [1.807, 2.05) is 0 Å². The maximum absolute atomic E-state index is 12.2. The molecule has 1 aliphatic rings. The second-order valence-corrected chi connectivity index (χ2v) is 7.48. The Morgan fingerprint density at radius 2 is 2.04 bits per heavy atom. The van der Waals surface area contributed by atoms with Crippen molar-refractivity contribution in [1.29, 1.82) is 0 Å². The fraction of sp³-hybridized carbons (Fsp3) is 0.538. The van der Waals surface area contributed by atoms with Crippen molar-refractivity contribution in [2.24, 2.45) is 0 Å². The Morgan fingerprint density at radius 1 is 1.26 bits per heavy atom. The van der Waals surface area contributed by atoms with E-state index in [1.165, 1.54) is 4.31 Å². The summed E-state index contributed by atoms with van der Waals surface area (Å²) in [6, 6.07) is 1.74. The molecule has 0 amide bonds. The minimum Gasteiger partial charge on any atom is -0.348 e. The molecule has 0 aliphatic carbocycles. The second-order valence-electron chi connectivity index (χ2n) is 5.22. The molecule has 1 aliphatic heterocycles. The Bertz CT molecular complexity index is 760. The molecule has 9 nitrogen and oxygen atoms in total. The molecule has 23 heavy (non-hydrogen) atoms. The molecule has 124 valence electrons. The summed E-state index contributed by atoms with van der Waals surface area (Å²) in [5.41, 5.74) is 1.54. The minimum absolute atomic E-state index is 0.0972. The standard InChI is InChI=1S/C13H19N7O2S/c1-2-23(21,22)19-7-4-8-20-12(10-19)11(17-18-20)9-16-13-14-5-3-6-15-13/h3,5-6H,2,4,7-10H2,1H3,(H,14,15,16). The van der Waals surface area contributed by atoms with Crippen LogP contribution in [0, 0.1) is 0 Å². The summed E-state index contributed by atoms with van der Waals surface area (Å²) in [6.45, 7) is 3.54. The Hall–Kier alpha value is -2.07. The van der Waals surface area contributed by atoms with Crippen LogP contribution in [0.3, 0.4) is 0 Å². The predicted molar refractivity (Wildman–Crippen MR) is 83.9 cm³/mol. The van der Waals surface area contributed by atoms with Gasteiger partial charge in [-0.1, -0.05) is 5.21 Å². The van der Waals surface area contributed by atoms with E-state index in [4.69, 9.17) is 0 Å². The molecule has 0 unspecified atom stereocenters. The molecule has 3 rings (SSSR count). The lowest BCUT2D eigenvalue weighted by atomic mass is 10.3. The molecule has 0 fully saturated rings. The smallest absolute Gasteiger partial charge is 0.222 e. The van der Waals surface area contributed by atoms with Crippen LogP contribution in [-0.2, 0) is 29.7 Å². The normalized spacial score (nSPS) is 15.9. The van der Waals surface area contributed by atoms with Crippen molar-refractivity contribution in [2.75, 3.05) is 17.6 Å². The highest BCUT2D eigenvalue weighted by atomic mass is 32.2. The SMILES string of the molecule is CCS(=O)(=O)N1CCCn2nnc(CNc3ncccn3)c2C1. The molecule has 0 aromatic carbocycles. The number of nitrogens with zero attached hydrogens (tertiary/aromatic N) is 6. The first-order valence-corrected chi connectivity index (χ1v) is 9.11. The first-order valence-electron chi connectivity index (χ1n) is 7.50. The predicted octanol–water partition coefficient (Wildman–Crippen LogP) is 0.236. The van der Waals surface area contributed by atoms with Crippen LogP contribution < -0.4 is 5.32 Å². The van der Waals surface area contributed by atoms with Crippen molar-refractivity contribution in [3.8, 4) is 0 Å². The van der Waals surface area contributed by atoms with Gasteiger partial charge in [0.05, 0.1) is 24.5 Å². The molecule has 10 heteroatoms. The first-order chi connectivity index (χ1) is 11.1. The number of hydrogen-bond donors (Lipinski definition) is 1. The summed E-state index contributed by atoms with van der Waals surface area (Å²) in [7, 11) is -3.23. The van der Waals surface area contributed by atoms with Gasteiger partial charge in [-0.05, 0) is 19.4 Å². The van der Waals surface area contributed by atoms with E-state index in [2.05, 4.69) is 25.6 Å². The molecule has 0 saturated heterocycles.